The average molecular weight is 437 g/mol. The van der Waals surface area contributed by atoms with Crippen LogP contribution in [0.25, 0.3) is 10.9 Å². The smallest absolute Gasteiger partial charge is 0.266 e. The van der Waals surface area contributed by atoms with Gasteiger partial charge in [-0.05, 0) is 43.7 Å². The van der Waals surface area contributed by atoms with E-state index in [0.717, 1.165) is 33.4 Å². The maximum absolute atomic E-state index is 13.9. The molecule has 0 saturated carbocycles. The van der Waals surface area contributed by atoms with Crippen LogP contribution in [0.2, 0.25) is 0 Å². The van der Waals surface area contributed by atoms with Gasteiger partial charge in [0.15, 0.2) is 6.10 Å². The molecule has 164 valence electrons. The molecule has 6 nitrogen and oxygen atoms in total. The van der Waals surface area contributed by atoms with E-state index in [0.29, 0.717) is 5.69 Å². The van der Waals surface area contributed by atoms with E-state index < -0.39 is 18.1 Å². The van der Waals surface area contributed by atoms with Gasteiger partial charge in [-0.3, -0.25) is 14.4 Å². The molecule has 0 unspecified atom stereocenters. The van der Waals surface area contributed by atoms with Crippen molar-refractivity contribution in [1.82, 2.24) is 4.98 Å². The van der Waals surface area contributed by atoms with E-state index in [4.69, 9.17) is 4.84 Å². The Morgan fingerprint density at radius 2 is 1.52 bits per heavy atom. The normalized spacial score (nSPS) is 22.4. The Labute approximate surface area is 191 Å². The van der Waals surface area contributed by atoms with Gasteiger partial charge in [-0.25, -0.2) is 9.96 Å². The predicted molar refractivity (Wildman–Crippen MR) is 127 cm³/mol. The predicted octanol–water partition coefficient (Wildman–Crippen LogP) is 4.84. The molecule has 2 fully saturated rings. The summed E-state index contributed by atoms with van der Waals surface area (Å²) < 4.78 is 0. The molecule has 2 aliphatic rings. The van der Waals surface area contributed by atoms with Crippen molar-refractivity contribution in [3.63, 3.8) is 0 Å². The zero-order valence-corrected chi connectivity index (χ0v) is 18.4. The third-order valence-electron chi connectivity index (χ3n) is 6.72. The number of hydrogen-bond acceptors (Lipinski definition) is 4. The van der Waals surface area contributed by atoms with Gasteiger partial charge in [0.25, 0.3) is 5.91 Å². The molecule has 0 bridgehead atoms. The second-order valence-corrected chi connectivity index (χ2v) is 8.67. The molecule has 1 N–H and O–H groups in total. The number of aromatic amines is 1. The number of nitrogens with one attached hydrogen (secondary N) is 1. The van der Waals surface area contributed by atoms with E-state index in [9.17, 15) is 9.59 Å². The summed E-state index contributed by atoms with van der Waals surface area (Å²) in [4.78, 5) is 38.4. The lowest BCUT2D eigenvalue weighted by atomic mass is 9.89. The number of hydrogen-bond donors (Lipinski definition) is 1. The molecule has 2 saturated heterocycles. The Hall–Kier alpha value is -3.90. The molecule has 3 aromatic carbocycles. The van der Waals surface area contributed by atoms with Gasteiger partial charge in [0.05, 0.1) is 17.4 Å². The molecule has 33 heavy (non-hydrogen) atoms. The lowest BCUT2D eigenvalue weighted by Gasteiger charge is -2.29. The third-order valence-corrected chi connectivity index (χ3v) is 6.72. The third kappa shape index (κ3) is 2.84. The summed E-state index contributed by atoms with van der Waals surface area (Å²) >= 11 is 0. The second-order valence-electron chi connectivity index (χ2n) is 8.67. The number of para-hydroxylation sites is 3. The number of aryl methyl sites for hydroxylation is 2. The molecule has 1 aromatic heterocycles. The van der Waals surface area contributed by atoms with E-state index in [1.807, 2.05) is 92.7 Å². The molecular formula is C27H23N3O3. The summed E-state index contributed by atoms with van der Waals surface area (Å²) in [5.74, 6) is -1.21. The Morgan fingerprint density at radius 1 is 0.818 bits per heavy atom. The largest absolute Gasteiger partial charge is 0.358 e. The number of anilines is 2. The second kappa shape index (κ2) is 7.32. The standard InChI is InChI=1S/C27H23N3O3/c1-16-10-6-9-15-21(16)29-26(31)23-24(22-17(2)28-20-14-8-7-13-19(20)22)30(33-25(23)27(29)32)18-11-4-3-5-12-18/h3-15,23-25,28H,1-2H3/t23-,24-,25+/m1/s1. The van der Waals surface area contributed by atoms with Crippen molar-refractivity contribution >= 4 is 34.1 Å². The molecule has 0 aliphatic carbocycles. The fourth-order valence-electron chi connectivity index (χ4n) is 5.24. The van der Waals surface area contributed by atoms with Crippen LogP contribution in [-0.4, -0.2) is 22.9 Å². The zero-order chi connectivity index (χ0) is 22.7. The van der Waals surface area contributed by atoms with Crippen molar-refractivity contribution in [3.8, 4) is 0 Å². The fraction of sp³-hybridized carbons (Fsp3) is 0.185. The molecule has 6 heteroatoms. The van der Waals surface area contributed by atoms with E-state index in [2.05, 4.69) is 4.98 Å². The van der Waals surface area contributed by atoms with E-state index in [1.165, 1.54) is 4.90 Å². The van der Waals surface area contributed by atoms with Gasteiger partial charge < -0.3 is 4.98 Å². The SMILES string of the molecule is Cc1ccccc1N1C(=O)[C@H]2[C@H](ON(c3ccccc3)[C@@H]2c2c(C)[nH]c3ccccc23)C1=O. The number of imide groups is 1. The van der Waals surface area contributed by atoms with Crippen molar-refractivity contribution in [2.75, 3.05) is 9.96 Å². The molecule has 2 amide bonds. The van der Waals surface area contributed by atoms with Gasteiger partial charge in [0, 0.05) is 22.2 Å². The number of amides is 2. The summed E-state index contributed by atoms with van der Waals surface area (Å²) in [6.45, 7) is 3.91. The molecule has 6 rings (SSSR count). The highest BCUT2D eigenvalue weighted by Crippen LogP contribution is 2.50. The molecule has 4 aromatic rings. The quantitative estimate of drug-likeness (QED) is 0.466. The average Bonchev–Trinajstić information content (AvgIpc) is 3.44. The number of nitrogens with zero attached hydrogens (tertiary/aromatic N) is 2. The summed E-state index contributed by atoms with van der Waals surface area (Å²) in [6, 6.07) is 24.7. The number of carbonyl (C=O) groups is 2. The number of benzene rings is 3. The van der Waals surface area contributed by atoms with Gasteiger partial charge in [0.2, 0.25) is 5.91 Å². The summed E-state index contributed by atoms with van der Waals surface area (Å²) in [5.41, 5.74) is 5.24. The minimum Gasteiger partial charge on any atom is -0.358 e. The van der Waals surface area contributed by atoms with E-state index >= 15 is 0 Å². The summed E-state index contributed by atoms with van der Waals surface area (Å²) in [6.07, 6.45) is -0.879. The first-order valence-corrected chi connectivity index (χ1v) is 11.1. The van der Waals surface area contributed by atoms with Gasteiger partial charge in [-0.15, -0.1) is 0 Å². The minimum atomic E-state index is -0.879. The van der Waals surface area contributed by atoms with Crippen molar-refractivity contribution in [2.24, 2.45) is 5.92 Å². The van der Waals surface area contributed by atoms with Crippen LogP contribution >= 0.6 is 0 Å². The maximum atomic E-state index is 13.9. The molecule has 3 atom stereocenters. The van der Waals surface area contributed by atoms with Crippen LogP contribution in [0.5, 0.6) is 0 Å². The monoisotopic (exact) mass is 437 g/mol. The highest BCUT2D eigenvalue weighted by atomic mass is 16.7. The Morgan fingerprint density at radius 3 is 2.30 bits per heavy atom. The number of aromatic nitrogens is 1. The summed E-state index contributed by atoms with van der Waals surface area (Å²) in [5, 5.41) is 2.78. The Balaban J connectivity index is 1.53. The molecule has 0 spiro atoms. The maximum Gasteiger partial charge on any atom is 0.266 e. The molecule has 2 aliphatic heterocycles. The topological polar surface area (TPSA) is 65.6 Å². The first-order chi connectivity index (χ1) is 16.1. The van der Waals surface area contributed by atoms with Crippen LogP contribution in [0.4, 0.5) is 11.4 Å². The van der Waals surface area contributed by atoms with Crippen molar-refractivity contribution in [2.45, 2.75) is 26.0 Å². The van der Waals surface area contributed by atoms with Gasteiger partial charge in [0.1, 0.15) is 5.92 Å². The highest BCUT2D eigenvalue weighted by molar-refractivity contribution is 6.24. The minimum absolute atomic E-state index is 0.229. The van der Waals surface area contributed by atoms with Gasteiger partial charge in [-0.2, -0.15) is 0 Å². The number of hydroxylamine groups is 1. The number of H-pyrrole nitrogens is 1. The highest BCUT2D eigenvalue weighted by Gasteiger charge is 2.61. The Kier molecular flexibility index (Phi) is 4.38. The molecule has 3 heterocycles. The lowest BCUT2D eigenvalue weighted by molar-refractivity contribution is -0.126. The fourth-order valence-corrected chi connectivity index (χ4v) is 5.24. The van der Waals surface area contributed by atoms with Crippen LogP contribution in [0, 0.1) is 19.8 Å². The van der Waals surface area contributed by atoms with Gasteiger partial charge in [-0.1, -0.05) is 54.6 Å². The van der Waals surface area contributed by atoms with E-state index in [1.54, 1.807) is 5.06 Å². The van der Waals surface area contributed by atoms with Crippen molar-refractivity contribution < 1.29 is 14.4 Å². The van der Waals surface area contributed by atoms with Crippen molar-refractivity contribution in [1.29, 1.82) is 0 Å². The Bertz CT molecular complexity index is 1390. The van der Waals surface area contributed by atoms with Gasteiger partial charge >= 0.3 is 0 Å². The summed E-state index contributed by atoms with van der Waals surface area (Å²) in [7, 11) is 0. The first-order valence-electron chi connectivity index (χ1n) is 11.1. The van der Waals surface area contributed by atoms with Crippen LogP contribution in [0.1, 0.15) is 22.9 Å². The molecule has 0 radical (unpaired) electrons. The van der Waals surface area contributed by atoms with Crippen LogP contribution in [0.15, 0.2) is 78.9 Å². The van der Waals surface area contributed by atoms with Crippen molar-refractivity contribution in [3.05, 3.63) is 95.7 Å². The number of fused-ring (bicyclic) bond motifs is 2. The van der Waals surface area contributed by atoms with Crippen LogP contribution in [-0.2, 0) is 14.4 Å². The zero-order valence-electron chi connectivity index (χ0n) is 18.4. The van der Waals surface area contributed by atoms with Crippen LogP contribution < -0.4 is 9.96 Å². The first kappa shape index (κ1) is 19.8. The molecular weight excluding hydrogens is 414 g/mol. The lowest BCUT2D eigenvalue weighted by Crippen LogP contribution is -2.37. The number of rotatable bonds is 3. The van der Waals surface area contributed by atoms with E-state index in [-0.39, 0.29) is 11.8 Å². The number of carbonyl (C=O) groups excluding carboxylic acids is 2. The van der Waals surface area contributed by atoms with Crippen LogP contribution in [0.3, 0.4) is 0 Å².